The Labute approximate surface area is 115 Å². The maximum Gasteiger partial charge on any atom is 0.123 e. The molecule has 0 fully saturated rings. The minimum absolute atomic E-state index is 0.122. The second-order valence-electron chi connectivity index (χ2n) is 4.50. The Kier molecular flexibility index (Phi) is 4.15. The fourth-order valence-corrected chi connectivity index (χ4v) is 2.64. The van der Waals surface area contributed by atoms with Crippen LogP contribution in [0.5, 0.6) is 0 Å². The number of nitrogens with two attached hydrogens (primary N) is 1. The van der Waals surface area contributed by atoms with Gasteiger partial charge in [-0.2, -0.15) is 0 Å². The predicted octanol–water partition coefficient (Wildman–Crippen LogP) is 4.14. The average molecular weight is 308 g/mol. The van der Waals surface area contributed by atoms with Crippen molar-refractivity contribution < 1.29 is 4.39 Å². The van der Waals surface area contributed by atoms with Gasteiger partial charge in [-0.15, -0.1) is 0 Å². The normalized spacial score (nSPS) is 12.4. The Bertz CT molecular complexity index is 534. The van der Waals surface area contributed by atoms with Gasteiger partial charge < -0.3 is 5.73 Å². The van der Waals surface area contributed by atoms with Gasteiger partial charge in [-0.3, -0.25) is 0 Å². The fraction of sp³-hybridized carbons (Fsp3) is 0.200. The zero-order valence-electron chi connectivity index (χ0n) is 10.2. The molecule has 2 rings (SSSR count). The summed E-state index contributed by atoms with van der Waals surface area (Å²) in [5, 5.41) is 0. The minimum atomic E-state index is -0.217. The summed E-state index contributed by atoms with van der Waals surface area (Å²) in [7, 11) is 0. The summed E-state index contributed by atoms with van der Waals surface area (Å²) in [4.78, 5) is 0. The molecular formula is C15H15BrFN. The third-order valence-corrected chi connectivity index (χ3v) is 3.30. The minimum Gasteiger partial charge on any atom is -0.324 e. The van der Waals surface area contributed by atoms with E-state index in [4.69, 9.17) is 5.73 Å². The smallest absolute Gasteiger partial charge is 0.123 e. The fourth-order valence-electron chi connectivity index (χ4n) is 2.01. The van der Waals surface area contributed by atoms with E-state index < -0.39 is 0 Å². The molecule has 0 amide bonds. The van der Waals surface area contributed by atoms with E-state index in [1.165, 1.54) is 12.1 Å². The second-order valence-corrected chi connectivity index (χ2v) is 5.42. The van der Waals surface area contributed by atoms with Gasteiger partial charge in [-0.05, 0) is 54.3 Å². The molecule has 0 bridgehead atoms. The van der Waals surface area contributed by atoms with Gasteiger partial charge in [0.25, 0.3) is 0 Å². The van der Waals surface area contributed by atoms with E-state index >= 15 is 0 Å². The van der Waals surface area contributed by atoms with Gasteiger partial charge in [0.15, 0.2) is 0 Å². The summed E-state index contributed by atoms with van der Waals surface area (Å²) < 4.78 is 14.1. The lowest BCUT2D eigenvalue weighted by molar-refractivity contribution is 0.622. The lowest BCUT2D eigenvalue weighted by atomic mass is 9.98. The Morgan fingerprint density at radius 1 is 1.22 bits per heavy atom. The molecule has 0 saturated carbocycles. The standard InChI is InChI=1S/C15H15BrFN/c1-10-5-12(9-13(16)6-10)15(18)8-11-3-2-4-14(17)7-11/h2-7,9,15H,8,18H2,1H3. The van der Waals surface area contributed by atoms with Crippen LogP contribution >= 0.6 is 15.9 Å². The number of halogens is 2. The molecule has 1 atom stereocenters. The van der Waals surface area contributed by atoms with Crippen LogP contribution in [0.3, 0.4) is 0 Å². The topological polar surface area (TPSA) is 26.0 Å². The SMILES string of the molecule is Cc1cc(Br)cc(C(N)Cc2cccc(F)c2)c1. The van der Waals surface area contributed by atoms with Gasteiger partial charge in [0, 0.05) is 10.5 Å². The zero-order valence-corrected chi connectivity index (χ0v) is 11.7. The molecule has 0 aliphatic carbocycles. The third-order valence-electron chi connectivity index (χ3n) is 2.84. The van der Waals surface area contributed by atoms with Gasteiger partial charge in [0.1, 0.15) is 5.82 Å². The molecule has 0 spiro atoms. The molecule has 2 aromatic carbocycles. The van der Waals surface area contributed by atoms with Crippen molar-refractivity contribution in [3.63, 3.8) is 0 Å². The molecule has 0 aliphatic rings. The highest BCUT2D eigenvalue weighted by atomic mass is 79.9. The van der Waals surface area contributed by atoms with Crippen LogP contribution in [-0.4, -0.2) is 0 Å². The van der Waals surface area contributed by atoms with Gasteiger partial charge >= 0.3 is 0 Å². The average Bonchev–Trinajstić information content (AvgIpc) is 2.27. The molecule has 0 aliphatic heterocycles. The quantitative estimate of drug-likeness (QED) is 0.906. The Morgan fingerprint density at radius 2 is 2.00 bits per heavy atom. The largest absolute Gasteiger partial charge is 0.324 e. The molecule has 2 N–H and O–H groups in total. The van der Waals surface area contributed by atoms with Crippen molar-refractivity contribution in [3.05, 3.63) is 69.4 Å². The van der Waals surface area contributed by atoms with Gasteiger partial charge in [-0.25, -0.2) is 4.39 Å². The van der Waals surface area contributed by atoms with Crippen LogP contribution in [0, 0.1) is 12.7 Å². The predicted molar refractivity (Wildman–Crippen MR) is 75.9 cm³/mol. The van der Waals surface area contributed by atoms with Gasteiger partial charge in [0.05, 0.1) is 0 Å². The van der Waals surface area contributed by atoms with Crippen LogP contribution in [0.15, 0.2) is 46.9 Å². The van der Waals surface area contributed by atoms with Crippen molar-refractivity contribution in [2.75, 3.05) is 0 Å². The van der Waals surface area contributed by atoms with Gasteiger partial charge in [0.2, 0.25) is 0 Å². The maximum atomic E-state index is 13.1. The number of hydrogen-bond acceptors (Lipinski definition) is 1. The first kappa shape index (κ1) is 13.2. The van der Waals surface area contributed by atoms with E-state index in [2.05, 4.69) is 22.0 Å². The molecule has 3 heteroatoms. The summed E-state index contributed by atoms with van der Waals surface area (Å²) in [5.41, 5.74) is 9.31. The highest BCUT2D eigenvalue weighted by Gasteiger charge is 2.09. The monoisotopic (exact) mass is 307 g/mol. The second kappa shape index (κ2) is 5.63. The van der Waals surface area contributed by atoms with E-state index in [9.17, 15) is 4.39 Å². The van der Waals surface area contributed by atoms with Crippen LogP contribution in [0.2, 0.25) is 0 Å². The number of aryl methyl sites for hydroxylation is 1. The summed E-state index contributed by atoms with van der Waals surface area (Å²) in [6, 6.07) is 12.6. The van der Waals surface area contributed by atoms with Crippen molar-refractivity contribution in [3.8, 4) is 0 Å². The highest BCUT2D eigenvalue weighted by Crippen LogP contribution is 2.22. The van der Waals surface area contributed by atoms with Crippen LogP contribution in [-0.2, 0) is 6.42 Å². The van der Waals surface area contributed by atoms with E-state index in [0.717, 1.165) is 21.2 Å². The van der Waals surface area contributed by atoms with Crippen molar-refractivity contribution in [1.82, 2.24) is 0 Å². The first-order valence-corrected chi connectivity index (χ1v) is 6.61. The number of rotatable bonds is 3. The molecule has 94 valence electrons. The summed E-state index contributed by atoms with van der Waals surface area (Å²) in [6.07, 6.45) is 0.633. The molecular weight excluding hydrogens is 293 g/mol. The van der Waals surface area contributed by atoms with Gasteiger partial charge in [-0.1, -0.05) is 34.1 Å². The summed E-state index contributed by atoms with van der Waals surface area (Å²) in [6.45, 7) is 2.03. The van der Waals surface area contributed by atoms with Crippen molar-refractivity contribution >= 4 is 15.9 Å². The van der Waals surface area contributed by atoms with E-state index in [-0.39, 0.29) is 11.9 Å². The summed E-state index contributed by atoms with van der Waals surface area (Å²) >= 11 is 3.46. The molecule has 1 nitrogen and oxygen atoms in total. The molecule has 1 unspecified atom stereocenters. The van der Waals surface area contributed by atoms with Crippen molar-refractivity contribution in [2.45, 2.75) is 19.4 Å². The first-order chi connectivity index (χ1) is 8.54. The van der Waals surface area contributed by atoms with Crippen molar-refractivity contribution in [1.29, 1.82) is 0 Å². The van der Waals surface area contributed by atoms with Crippen LogP contribution in [0.1, 0.15) is 22.7 Å². The molecule has 18 heavy (non-hydrogen) atoms. The highest BCUT2D eigenvalue weighted by molar-refractivity contribution is 9.10. The first-order valence-electron chi connectivity index (χ1n) is 5.82. The molecule has 0 saturated heterocycles. The lowest BCUT2D eigenvalue weighted by Crippen LogP contribution is -2.13. The van der Waals surface area contributed by atoms with Crippen LogP contribution < -0.4 is 5.73 Å². The van der Waals surface area contributed by atoms with Crippen LogP contribution in [0.25, 0.3) is 0 Å². The lowest BCUT2D eigenvalue weighted by Gasteiger charge is -2.13. The number of hydrogen-bond donors (Lipinski definition) is 1. The van der Waals surface area contributed by atoms with Crippen molar-refractivity contribution in [2.24, 2.45) is 5.73 Å². The Balaban J connectivity index is 2.19. The Morgan fingerprint density at radius 3 is 2.67 bits per heavy atom. The Hall–Kier alpha value is -1.19. The molecule has 2 aromatic rings. The van der Waals surface area contributed by atoms with E-state index in [0.29, 0.717) is 6.42 Å². The zero-order chi connectivity index (χ0) is 13.1. The van der Waals surface area contributed by atoms with Crippen LogP contribution in [0.4, 0.5) is 4.39 Å². The van der Waals surface area contributed by atoms with E-state index in [1.54, 1.807) is 6.07 Å². The van der Waals surface area contributed by atoms with E-state index in [1.807, 2.05) is 25.1 Å². The maximum absolute atomic E-state index is 13.1. The number of benzene rings is 2. The third kappa shape index (κ3) is 3.40. The molecule has 0 aromatic heterocycles. The summed E-state index contributed by atoms with van der Waals surface area (Å²) in [5.74, 6) is -0.217. The molecule has 0 heterocycles. The molecule has 0 radical (unpaired) electrons.